The van der Waals surface area contributed by atoms with Crippen LogP contribution in [-0.2, 0) is 14.4 Å². The van der Waals surface area contributed by atoms with Crippen molar-refractivity contribution in [3.63, 3.8) is 0 Å². The van der Waals surface area contributed by atoms with Crippen molar-refractivity contribution in [1.82, 2.24) is 4.90 Å². The Balaban J connectivity index is 1.46. The summed E-state index contributed by atoms with van der Waals surface area (Å²) in [5.74, 6) is -0.658. The molecule has 33 heavy (non-hydrogen) atoms. The van der Waals surface area contributed by atoms with Gasteiger partial charge < -0.3 is 14.5 Å². The molecule has 0 radical (unpaired) electrons. The van der Waals surface area contributed by atoms with E-state index in [0.717, 1.165) is 40.3 Å². The first-order valence-corrected chi connectivity index (χ1v) is 10.6. The van der Waals surface area contributed by atoms with Gasteiger partial charge in [0.2, 0.25) is 5.91 Å². The van der Waals surface area contributed by atoms with E-state index in [9.17, 15) is 14.4 Å². The Morgan fingerprint density at radius 3 is 2.00 bits per heavy atom. The predicted octanol–water partition coefficient (Wildman–Crippen LogP) is 3.44. The van der Waals surface area contributed by atoms with Crippen LogP contribution < -0.4 is 10.1 Å². The molecule has 1 aliphatic rings. The normalized spacial score (nSPS) is 13.7. The quantitative estimate of drug-likeness (QED) is 0.259. The molecule has 2 aromatic carbocycles. The van der Waals surface area contributed by atoms with Crippen LogP contribution in [0.2, 0.25) is 0 Å². The Bertz CT molecular complexity index is 1040. The van der Waals surface area contributed by atoms with Crippen molar-refractivity contribution in [1.29, 1.82) is 0 Å². The summed E-state index contributed by atoms with van der Waals surface area (Å²) in [4.78, 5) is 36.0. The molecule has 0 unspecified atom stereocenters. The van der Waals surface area contributed by atoms with E-state index < -0.39 is 17.7 Å². The van der Waals surface area contributed by atoms with Crippen LogP contribution in [0.5, 0.6) is 5.75 Å². The van der Waals surface area contributed by atoms with Crippen LogP contribution in [-0.4, -0.2) is 67.9 Å². The van der Waals surface area contributed by atoms with E-state index in [4.69, 9.17) is 4.74 Å². The third kappa shape index (κ3) is 7.65. The van der Waals surface area contributed by atoms with Gasteiger partial charge in [0.1, 0.15) is 12.3 Å². The number of nitrogens with one attached hydrogen (secondary N) is 1. The second kappa shape index (κ2) is 10.6. The SMILES string of the molecule is C[N+](C)(C)CCCOc1ccc(N=Nc2ccc(NC(=O)CN3C(=O)C=CC3=O)cc2)cc1. The number of nitrogens with zero attached hydrogens (tertiary/aromatic N) is 4. The van der Waals surface area contributed by atoms with Gasteiger partial charge in [-0.05, 0) is 48.5 Å². The summed E-state index contributed by atoms with van der Waals surface area (Å²) in [7, 11) is 6.47. The summed E-state index contributed by atoms with van der Waals surface area (Å²) < 4.78 is 6.67. The molecule has 0 saturated heterocycles. The minimum atomic E-state index is -0.495. The molecule has 3 amide bonds. The van der Waals surface area contributed by atoms with Crippen molar-refractivity contribution in [3.8, 4) is 5.75 Å². The van der Waals surface area contributed by atoms with Gasteiger partial charge in [0, 0.05) is 24.3 Å². The van der Waals surface area contributed by atoms with Crippen molar-refractivity contribution >= 4 is 34.8 Å². The van der Waals surface area contributed by atoms with E-state index in [2.05, 4.69) is 36.7 Å². The van der Waals surface area contributed by atoms with Crippen molar-refractivity contribution in [2.24, 2.45) is 10.2 Å². The summed E-state index contributed by atoms with van der Waals surface area (Å²) in [6, 6.07) is 14.2. The molecule has 1 N–H and O–H groups in total. The molecule has 0 atom stereocenters. The van der Waals surface area contributed by atoms with Gasteiger partial charge in [-0.15, -0.1) is 0 Å². The average molecular weight is 451 g/mol. The second-order valence-electron chi connectivity index (χ2n) is 8.60. The fraction of sp³-hybridized carbons (Fsp3) is 0.292. The van der Waals surface area contributed by atoms with Crippen molar-refractivity contribution in [2.45, 2.75) is 6.42 Å². The number of amides is 3. The molecule has 1 heterocycles. The highest BCUT2D eigenvalue weighted by Gasteiger charge is 2.25. The lowest BCUT2D eigenvalue weighted by Crippen LogP contribution is -2.37. The van der Waals surface area contributed by atoms with Crippen molar-refractivity contribution in [3.05, 3.63) is 60.7 Å². The lowest BCUT2D eigenvalue weighted by atomic mass is 10.3. The molecule has 0 bridgehead atoms. The van der Waals surface area contributed by atoms with Gasteiger partial charge in [-0.1, -0.05) is 0 Å². The molecule has 0 fully saturated rings. The molecule has 9 heteroatoms. The number of rotatable bonds is 10. The minimum Gasteiger partial charge on any atom is -0.493 e. The van der Waals surface area contributed by atoms with E-state index >= 15 is 0 Å². The molecule has 3 rings (SSSR count). The number of carbonyl (C=O) groups is 3. The maximum atomic E-state index is 12.1. The summed E-state index contributed by atoms with van der Waals surface area (Å²) in [6.07, 6.45) is 3.26. The maximum absolute atomic E-state index is 12.1. The number of quaternary nitrogens is 1. The number of hydrogen-bond donors (Lipinski definition) is 1. The third-order valence-electron chi connectivity index (χ3n) is 4.71. The summed E-state index contributed by atoms with van der Waals surface area (Å²) in [5.41, 5.74) is 1.83. The number of carbonyl (C=O) groups excluding carboxylic acids is 3. The van der Waals surface area contributed by atoms with Crippen molar-refractivity contribution in [2.75, 3.05) is 46.2 Å². The smallest absolute Gasteiger partial charge is 0.254 e. The molecule has 0 saturated carbocycles. The van der Waals surface area contributed by atoms with Crippen LogP contribution in [0.25, 0.3) is 0 Å². The zero-order chi connectivity index (χ0) is 23.8. The van der Waals surface area contributed by atoms with Crippen LogP contribution in [0.1, 0.15) is 6.42 Å². The summed E-state index contributed by atoms with van der Waals surface area (Å²) in [6.45, 7) is 1.38. The molecule has 0 aliphatic carbocycles. The standard InChI is InChI=1S/C24H27N5O4/c1-29(2,3)15-4-16-33-21-11-9-20(10-12-21)27-26-19-7-5-18(6-8-19)25-22(30)17-28-23(31)13-14-24(28)32/h5-14H,4,15-17H2,1-3H3/p+1. The molecular formula is C24H28N5O4+. The van der Waals surface area contributed by atoms with Gasteiger partial charge in [0.05, 0.1) is 45.7 Å². The molecule has 9 nitrogen and oxygen atoms in total. The number of benzene rings is 2. The van der Waals surface area contributed by atoms with Crippen LogP contribution in [0.4, 0.5) is 17.1 Å². The molecule has 0 spiro atoms. The monoisotopic (exact) mass is 450 g/mol. The van der Waals surface area contributed by atoms with Gasteiger partial charge in [-0.2, -0.15) is 10.2 Å². The number of anilines is 1. The summed E-state index contributed by atoms with van der Waals surface area (Å²) >= 11 is 0. The minimum absolute atomic E-state index is 0.332. The highest BCUT2D eigenvalue weighted by molar-refractivity contribution is 6.15. The Morgan fingerprint density at radius 1 is 0.909 bits per heavy atom. The Hall–Kier alpha value is -3.85. The molecule has 0 aromatic heterocycles. The highest BCUT2D eigenvalue weighted by Crippen LogP contribution is 2.22. The average Bonchev–Trinajstić information content (AvgIpc) is 3.08. The molecular weight excluding hydrogens is 422 g/mol. The van der Waals surface area contributed by atoms with E-state index in [0.29, 0.717) is 23.7 Å². The zero-order valence-electron chi connectivity index (χ0n) is 19.0. The number of azo groups is 1. The van der Waals surface area contributed by atoms with E-state index in [-0.39, 0.29) is 6.54 Å². The van der Waals surface area contributed by atoms with Crippen LogP contribution in [0.3, 0.4) is 0 Å². The number of ether oxygens (including phenoxy) is 1. The predicted molar refractivity (Wildman–Crippen MR) is 125 cm³/mol. The lowest BCUT2D eigenvalue weighted by molar-refractivity contribution is -0.870. The second-order valence-corrected chi connectivity index (χ2v) is 8.60. The van der Waals surface area contributed by atoms with Crippen LogP contribution >= 0.6 is 0 Å². The third-order valence-corrected chi connectivity index (χ3v) is 4.71. The molecule has 1 aliphatic heterocycles. The van der Waals surface area contributed by atoms with Gasteiger partial charge in [0.25, 0.3) is 11.8 Å². The maximum Gasteiger partial charge on any atom is 0.254 e. The van der Waals surface area contributed by atoms with Crippen LogP contribution in [0, 0.1) is 0 Å². The number of imide groups is 1. The highest BCUT2D eigenvalue weighted by atomic mass is 16.5. The first-order chi connectivity index (χ1) is 15.7. The Morgan fingerprint density at radius 2 is 1.45 bits per heavy atom. The van der Waals surface area contributed by atoms with Gasteiger partial charge >= 0.3 is 0 Å². The van der Waals surface area contributed by atoms with Gasteiger partial charge in [-0.3, -0.25) is 19.3 Å². The lowest BCUT2D eigenvalue weighted by Gasteiger charge is -2.23. The van der Waals surface area contributed by atoms with E-state index in [1.165, 1.54) is 0 Å². The van der Waals surface area contributed by atoms with E-state index in [1.807, 2.05) is 24.3 Å². The molecule has 172 valence electrons. The largest absolute Gasteiger partial charge is 0.493 e. The summed E-state index contributed by atoms with van der Waals surface area (Å²) in [5, 5.41) is 11.1. The Labute approximate surface area is 192 Å². The van der Waals surface area contributed by atoms with E-state index in [1.54, 1.807) is 24.3 Å². The van der Waals surface area contributed by atoms with Crippen LogP contribution in [0.15, 0.2) is 70.9 Å². The molecule has 2 aromatic rings. The first-order valence-electron chi connectivity index (χ1n) is 10.6. The van der Waals surface area contributed by atoms with Gasteiger partial charge in [-0.25, -0.2) is 0 Å². The fourth-order valence-electron chi connectivity index (χ4n) is 3.00. The zero-order valence-corrected chi connectivity index (χ0v) is 19.0. The Kier molecular flexibility index (Phi) is 7.68. The van der Waals surface area contributed by atoms with Crippen molar-refractivity contribution < 1.29 is 23.6 Å². The first kappa shape index (κ1) is 23.8. The topological polar surface area (TPSA) is 100 Å². The number of hydrogen-bond acceptors (Lipinski definition) is 6. The van der Waals surface area contributed by atoms with Gasteiger partial charge in [0.15, 0.2) is 0 Å². The fourth-order valence-corrected chi connectivity index (χ4v) is 3.00.